The zero-order valence-corrected chi connectivity index (χ0v) is 16.3. The summed E-state index contributed by atoms with van der Waals surface area (Å²) >= 11 is 0. The normalized spacial score (nSPS) is 15.5. The number of carbonyl (C=O) groups is 2. The van der Waals surface area contributed by atoms with Gasteiger partial charge in [0.2, 0.25) is 5.91 Å². The monoisotopic (exact) mass is 346 g/mol. The van der Waals surface area contributed by atoms with Gasteiger partial charge < -0.3 is 14.5 Å². The van der Waals surface area contributed by atoms with Gasteiger partial charge in [-0.25, -0.2) is 0 Å². The van der Waals surface area contributed by atoms with Crippen LogP contribution in [0.3, 0.4) is 0 Å². The summed E-state index contributed by atoms with van der Waals surface area (Å²) in [7, 11) is 1.59. The number of carbonyl (C=O) groups excluding carboxylic acids is 2. The minimum Gasteiger partial charge on any atom is -0.496 e. The molecule has 0 spiro atoms. The van der Waals surface area contributed by atoms with Crippen molar-refractivity contribution in [3.63, 3.8) is 0 Å². The smallest absolute Gasteiger partial charge is 0.257 e. The van der Waals surface area contributed by atoms with E-state index < -0.39 is 0 Å². The topological polar surface area (TPSA) is 49.9 Å². The van der Waals surface area contributed by atoms with Gasteiger partial charge in [-0.1, -0.05) is 40.7 Å². The molecule has 138 valence electrons. The molecule has 2 rings (SSSR count). The van der Waals surface area contributed by atoms with Crippen molar-refractivity contribution in [2.24, 2.45) is 5.41 Å². The van der Waals surface area contributed by atoms with Gasteiger partial charge in [0.05, 0.1) is 12.7 Å². The molecule has 2 amide bonds. The summed E-state index contributed by atoms with van der Waals surface area (Å²) in [6.07, 6.45) is 0. The molecule has 1 heterocycles. The Morgan fingerprint density at radius 3 is 2.08 bits per heavy atom. The van der Waals surface area contributed by atoms with Crippen LogP contribution >= 0.6 is 0 Å². The van der Waals surface area contributed by atoms with Gasteiger partial charge in [0, 0.05) is 31.6 Å². The molecular formula is C20H30N2O3. The molecule has 1 aromatic carbocycles. The fourth-order valence-corrected chi connectivity index (χ4v) is 3.00. The zero-order chi connectivity index (χ0) is 18.8. The van der Waals surface area contributed by atoms with E-state index in [4.69, 9.17) is 4.74 Å². The van der Waals surface area contributed by atoms with Crippen molar-refractivity contribution in [2.75, 3.05) is 33.3 Å². The lowest BCUT2D eigenvalue weighted by Gasteiger charge is -2.37. The lowest BCUT2D eigenvalue weighted by Crippen LogP contribution is -2.53. The molecule has 1 aliphatic heterocycles. The summed E-state index contributed by atoms with van der Waals surface area (Å²) < 4.78 is 5.44. The quantitative estimate of drug-likeness (QED) is 0.845. The summed E-state index contributed by atoms with van der Waals surface area (Å²) in [5.41, 5.74) is 1.35. The zero-order valence-electron chi connectivity index (χ0n) is 16.3. The first kappa shape index (κ1) is 19.3. The van der Waals surface area contributed by atoms with Gasteiger partial charge in [0.25, 0.3) is 5.91 Å². The van der Waals surface area contributed by atoms with Crippen LogP contribution in [0.5, 0.6) is 5.75 Å². The van der Waals surface area contributed by atoms with Gasteiger partial charge in [0.15, 0.2) is 0 Å². The third-order valence-electron chi connectivity index (χ3n) is 4.62. The van der Waals surface area contributed by atoms with E-state index in [1.165, 1.54) is 0 Å². The third-order valence-corrected chi connectivity index (χ3v) is 4.62. The molecule has 0 aliphatic carbocycles. The van der Waals surface area contributed by atoms with Gasteiger partial charge in [-0.15, -0.1) is 0 Å². The van der Waals surface area contributed by atoms with E-state index in [1.807, 2.05) is 43.9 Å². The van der Waals surface area contributed by atoms with Crippen molar-refractivity contribution in [3.05, 3.63) is 29.3 Å². The van der Waals surface area contributed by atoms with Crippen LogP contribution in [0.2, 0.25) is 0 Å². The number of benzene rings is 1. The maximum atomic E-state index is 12.9. The second kappa shape index (κ2) is 7.46. The highest BCUT2D eigenvalue weighted by Gasteiger charge is 2.31. The molecule has 5 heteroatoms. The number of hydrogen-bond acceptors (Lipinski definition) is 3. The highest BCUT2D eigenvalue weighted by Crippen LogP contribution is 2.26. The van der Waals surface area contributed by atoms with Crippen LogP contribution in [0.1, 0.15) is 56.5 Å². The molecule has 0 bridgehead atoms. The molecule has 5 nitrogen and oxygen atoms in total. The maximum absolute atomic E-state index is 12.9. The molecular weight excluding hydrogens is 316 g/mol. The Labute approximate surface area is 150 Å². The molecule has 0 unspecified atom stereocenters. The van der Waals surface area contributed by atoms with Gasteiger partial charge in [-0.2, -0.15) is 0 Å². The SMILES string of the molecule is COc1cc(C(C)C)ccc1C(=O)N1CCN(C(=O)C(C)(C)C)CC1. The van der Waals surface area contributed by atoms with Crippen LogP contribution in [-0.4, -0.2) is 54.9 Å². The van der Waals surface area contributed by atoms with Gasteiger partial charge in [0.1, 0.15) is 5.75 Å². The first-order valence-electron chi connectivity index (χ1n) is 8.91. The number of piperazine rings is 1. The van der Waals surface area contributed by atoms with E-state index in [0.717, 1.165) is 5.56 Å². The number of rotatable bonds is 3. The maximum Gasteiger partial charge on any atom is 0.257 e. The van der Waals surface area contributed by atoms with Crippen LogP contribution < -0.4 is 4.74 Å². The van der Waals surface area contributed by atoms with E-state index in [1.54, 1.807) is 12.0 Å². The van der Waals surface area contributed by atoms with E-state index >= 15 is 0 Å². The van der Waals surface area contributed by atoms with Crippen molar-refractivity contribution in [2.45, 2.75) is 40.5 Å². The Kier molecular flexibility index (Phi) is 5.76. The molecule has 0 radical (unpaired) electrons. The lowest BCUT2D eigenvalue weighted by atomic mass is 9.94. The fraction of sp³-hybridized carbons (Fsp3) is 0.600. The molecule has 0 atom stereocenters. The van der Waals surface area contributed by atoms with E-state index in [2.05, 4.69) is 13.8 Å². The Morgan fingerprint density at radius 1 is 1.04 bits per heavy atom. The van der Waals surface area contributed by atoms with Crippen LogP contribution in [0.4, 0.5) is 0 Å². The minimum atomic E-state index is -0.387. The Hall–Kier alpha value is -2.04. The summed E-state index contributed by atoms with van der Waals surface area (Å²) in [4.78, 5) is 28.9. The van der Waals surface area contributed by atoms with Crippen LogP contribution in [0, 0.1) is 5.41 Å². The molecule has 0 N–H and O–H groups in total. The second-order valence-electron chi connectivity index (χ2n) is 7.95. The average Bonchev–Trinajstić information content (AvgIpc) is 2.59. The minimum absolute atomic E-state index is 0.0324. The summed E-state index contributed by atoms with van der Waals surface area (Å²) in [6, 6.07) is 5.78. The largest absolute Gasteiger partial charge is 0.496 e. The molecule has 1 aromatic rings. The molecule has 1 fully saturated rings. The Morgan fingerprint density at radius 2 is 1.60 bits per heavy atom. The number of ether oxygens (including phenoxy) is 1. The highest BCUT2D eigenvalue weighted by atomic mass is 16.5. The standard InChI is InChI=1S/C20H30N2O3/c1-14(2)15-7-8-16(17(13-15)25-6)18(23)21-9-11-22(12-10-21)19(24)20(3,4)5/h7-8,13-14H,9-12H2,1-6H3. The predicted molar refractivity (Wildman–Crippen MR) is 99.0 cm³/mol. The van der Waals surface area contributed by atoms with Gasteiger partial charge >= 0.3 is 0 Å². The summed E-state index contributed by atoms with van der Waals surface area (Å²) in [5, 5.41) is 0. The first-order valence-corrected chi connectivity index (χ1v) is 8.91. The highest BCUT2D eigenvalue weighted by molar-refractivity contribution is 5.97. The lowest BCUT2D eigenvalue weighted by molar-refractivity contribution is -0.140. The number of amides is 2. The second-order valence-corrected chi connectivity index (χ2v) is 7.95. The fourth-order valence-electron chi connectivity index (χ4n) is 3.00. The Bertz CT molecular complexity index is 639. The number of methoxy groups -OCH3 is 1. The molecule has 0 saturated carbocycles. The first-order chi connectivity index (χ1) is 11.6. The molecule has 25 heavy (non-hydrogen) atoms. The summed E-state index contributed by atoms with van der Waals surface area (Å²) in [5.74, 6) is 1.10. The van der Waals surface area contributed by atoms with E-state index in [0.29, 0.717) is 43.4 Å². The number of nitrogens with zero attached hydrogens (tertiary/aromatic N) is 2. The van der Waals surface area contributed by atoms with Crippen LogP contribution in [0.15, 0.2) is 18.2 Å². The van der Waals surface area contributed by atoms with Gasteiger partial charge in [-0.3, -0.25) is 9.59 Å². The number of hydrogen-bond donors (Lipinski definition) is 0. The molecule has 1 aliphatic rings. The van der Waals surface area contributed by atoms with Crippen molar-refractivity contribution in [3.8, 4) is 5.75 Å². The van der Waals surface area contributed by atoms with Crippen LogP contribution in [0.25, 0.3) is 0 Å². The van der Waals surface area contributed by atoms with Gasteiger partial charge in [-0.05, 0) is 23.6 Å². The molecule has 0 aromatic heterocycles. The average molecular weight is 346 g/mol. The van der Waals surface area contributed by atoms with E-state index in [-0.39, 0.29) is 17.2 Å². The third kappa shape index (κ3) is 4.33. The molecule has 1 saturated heterocycles. The van der Waals surface area contributed by atoms with Crippen molar-refractivity contribution < 1.29 is 14.3 Å². The van der Waals surface area contributed by atoms with Crippen LogP contribution in [-0.2, 0) is 4.79 Å². The Balaban J connectivity index is 2.09. The van der Waals surface area contributed by atoms with Crippen molar-refractivity contribution in [1.82, 2.24) is 9.80 Å². The van der Waals surface area contributed by atoms with E-state index in [9.17, 15) is 9.59 Å². The van der Waals surface area contributed by atoms with Crippen molar-refractivity contribution in [1.29, 1.82) is 0 Å². The van der Waals surface area contributed by atoms with Crippen molar-refractivity contribution >= 4 is 11.8 Å². The summed E-state index contributed by atoms with van der Waals surface area (Å²) in [6.45, 7) is 12.3. The predicted octanol–water partition coefficient (Wildman–Crippen LogP) is 3.15.